The molecule has 0 aromatic heterocycles. The molecule has 5 heteroatoms. The molecule has 0 radical (unpaired) electrons. The van der Waals surface area contributed by atoms with E-state index < -0.39 is 23.1 Å². The van der Waals surface area contributed by atoms with Crippen molar-refractivity contribution in [3.8, 4) is 0 Å². The van der Waals surface area contributed by atoms with Gasteiger partial charge in [-0.1, -0.05) is 6.07 Å². The van der Waals surface area contributed by atoms with Gasteiger partial charge in [0.2, 0.25) is 0 Å². The Morgan fingerprint density at radius 2 is 1.94 bits per heavy atom. The zero-order chi connectivity index (χ0) is 12.9. The van der Waals surface area contributed by atoms with Crippen molar-refractivity contribution in [3.05, 3.63) is 35.1 Å². The first-order valence-corrected chi connectivity index (χ1v) is 6.11. The number of aliphatic hydroxyl groups is 1. The average molecular weight is 257 g/mol. The van der Waals surface area contributed by atoms with E-state index in [2.05, 4.69) is 4.90 Å². The van der Waals surface area contributed by atoms with E-state index in [4.69, 9.17) is 0 Å². The van der Waals surface area contributed by atoms with Gasteiger partial charge in [0.25, 0.3) is 0 Å². The lowest BCUT2D eigenvalue weighted by Crippen LogP contribution is -2.44. The molecule has 0 amide bonds. The van der Waals surface area contributed by atoms with Crippen LogP contribution >= 0.6 is 0 Å². The molecule has 2 heterocycles. The van der Waals surface area contributed by atoms with Crippen molar-refractivity contribution >= 4 is 0 Å². The molecule has 3 atom stereocenters. The highest BCUT2D eigenvalue weighted by Crippen LogP contribution is 2.43. The SMILES string of the molecule is OC1(c2ccc(F)c(F)c2F)CCN2CCC1C2. The van der Waals surface area contributed by atoms with Crippen LogP contribution in [0, 0.1) is 23.4 Å². The molecule has 0 spiro atoms. The zero-order valence-corrected chi connectivity index (χ0v) is 9.80. The summed E-state index contributed by atoms with van der Waals surface area (Å²) in [5.41, 5.74) is -1.47. The molecule has 2 aliphatic heterocycles. The smallest absolute Gasteiger partial charge is 0.194 e. The minimum Gasteiger partial charge on any atom is -0.385 e. The number of hydrogen-bond donors (Lipinski definition) is 1. The van der Waals surface area contributed by atoms with Gasteiger partial charge in [0, 0.05) is 24.6 Å². The minimum atomic E-state index is -1.50. The van der Waals surface area contributed by atoms with E-state index in [1.54, 1.807) is 0 Å². The van der Waals surface area contributed by atoms with Gasteiger partial charge in [-0.25, -0.2) is 13.2 Å². The Bertz CT molecular complexity index is 493. The van der Waals surface area contributed by atoms with Crippen LogP contribution < -0.4 is 0 Å². The predicted octanol–water partition coefficient (Wildman–Crippen LogP) is 2.02. The monoisotopic (exact) mass is 257 g/mol. The molecule has 0 saturated carbocycles. The second kappa shape index (κ2) is 3.96. The van der Waals surface area contributed by atoms with E-state index >= 15 is 0 Å². The first kappa shape index (κ1) is 12.0. The van der Waals surface area contributed by atoms with Crippen LogP contribution in [0.25, 0.3) is 0 Å². The van der Waals surface area contributed by atoms with Crippen molar-refractivity contribution in [1.29, 1.82) is 0 Å². The van der Waals surface area contributed by atoms with Gasteiger partial charge in [-0.3, -0.25) is 0 Å². The highest BCUT2D eigenvalue weighted by Gasteiger charge is 2.47. The summed E-state index contributed by atoms with van der Waals surface area (Å²) in [4.78, 5) is 2.19. The van der Waals surface area contributed by atoms with Gasteiger partial charge in [0.1, 0.15) is 0 Å². The van der Waals surface area contributed by atoms with E-state index in [9.17, 15) is 18.3 Å². The first-order chi connectivity index (χ1) is 8.52. The maximum Gasteiger partial charge on any atom is 0.194 e. The molecular formula is C13H14F3NO. The Morgan fingerprint density at radius 3 is 2.72 bits per heavy atom. The summed E-state index contributed by atoms with van der Waals surface area (Å²) < 4.78 is 40.0. The fourth-order valence-electron chi connectivity index (χ4n) is 3.17. The highest BCUT2D eigenvalue weighted by molar-refractivity contribution is 5.28. The van der Waals surface area contributed by atoms with E-state index in [1.165, 1.54) is 6.07 Å². The van der Waals surface area contributed by atoms with E-state index in [0.717, 1.165) is 19.0 Å². The van der Waals surface area contributed by atoms with Crippen LogP contribution in [0.3, 0.4) is 0 Å². The van der Waals surface area contributed by atoms with E-state index in [-0.39, 0.29) is 11.5 Å². The standard InChI is InChI=1S/C13H14F3NO/c14-10-2-1-9(11(15)12(10)16)13(18)4-6-17-5-3-8(13)7-17/h1-2,8,18H,3-7H2. The Hall–Kier alpha value is -1.07. The van der Waals surface area contributed by atoms with Crippen LogP contribution in [0.15, 0.2) is 12.1 Å². The molecule has 0 aliphatic carbocycles. The molecule has 3 rings (SSSR count). The third-order valence-electron chi connectivity index (χ3n) is 4.26. The lowest BCUT2D eigenvalue weighted by molar-refractivity contribution is -0.0533. The second-order valence-corrected chi connectivity index (χ2v) is 5.18. The summed E-state index contributed by atoms with van der Waals surface area (Å²) in [5.74, 6) is -4.08. The quantitative estimate of drug-likeness (QED) is 0.778. The second-order valence-electron chi connectivity index (χ2n) is 5.18. The number of benzene rings is 1. The molecule has 1 N–H and O–H groups in total. The number of piperidine rings is 1. The summed E-state index contributed by atoms with van der Waals surface area (Å²) in [6, 6.07) is 2.05. The number of nitrogens with zero attached hydrogens (tertiary/aromatic N) is 1. The van der Waals surface area contributed by atoms with E-state index in [1.807, 2.05) is 0 Å². The van der Waals surface area contributed by atoms with Gasteiger partial charge in [-0.15, -0.1) is 0 Å². The van der Waals surface area contributed by atoms with Gasteiger partial charge in [0.05, 0.1) is 5.60 Å². The maximum absolute atomic E-state index is 13.8. The van der Waals surface area contributed by atoms with Crippen LogP contribution in [0.2, 0.25) is 0 Å². The van der Waals surface area contributed by atoms with Crippen LogP contribution in [0.4, 0.5) is 13.2 Å². The molecule has 2 fully saturated rings. The zero-order valence-electron chi connectivity index (χ0n) is 9.80. The van der Waals surface area contributed by atoms with Crippen molar-refractivity contribution in [1.82, 2.24) is 4.90 Å². The normalized spacial score (nSPS) is 34.9. The molecule has 2 bridgehead atoms. The summed E-state index contributed by atoms with van der Waals surface area (Å²) in [5, 5.41) is 10.7. The van der Waals surface area contributed by atoms with Crippen LogP contribution in [-0.4, -0.2) is 29.6 Å². The largest absolute Gasteiger partial charge is 0.385 e. The van der Waals surface area contributed by atoms with Crippen LogP contribution in [-0.2, 0) is 5.60 Å². The fourth-order valence-corrected chi connectivity index (χ4v) is 3.17. The lowest BCUT2D eigenvalue weighted by atomic mass is 9.76. The predicted molar refractivity (Wildman–Crippen MR) is 59.4 cm³/mol. The number of hydrogen-bond acceptors (Lipinski definition) is 2. The van der Waals surface area contributed by atoms with Crippen molar-refractivity contribution in [2.45, 2.75) is 18.4 Å². The molecule has 98 valence electrons. The van der Waals surface area contributed by atoms with Crippen molar-refractivity contribution in [3.63, 3.8) is 0 Å². The molecular weight excluding hydrogens is 243 g/mol. The van der Waals surface area contributed by atoms with Crippen molar-refractivity contribution < 1.29 is 18.3 Å². The van der Waals surface area contributed by atoms with Gasteiger partial charge in [-0.2, -0.15) is 0 Å². The Kier molecular flexibility index (Phi) is 2.64. The van der Waals surface area contributed by atoms with Crippen molar-refractivity contribution in [2.24, 2.45) is 5.92 Å². The summed E-state index contributed by atoms with van der Waals surface area (Å²) in [7, 11) is 0. The Morgan fingerprint density at radius 1 is 1.17 bits per heavy atom. The molecule has 1 aromatic carbocycles. The Balaban J connectivity index is 2.06. The van der Waals surface area contributed by atoms with Gasteiger partial charge in [0.15, 0.2) is 17.5 Å². The third-order valence-corrected chi connectivity index (χ3v) is 4.26. The highest BCUT2D eigenvalue weighted by atomic mass is 19.2. The molecule has 3 unspecified atom stereocenters. The molecule has 2 aliphatic rings. The molecule has 18 heavy (non-hydrogen) atoms. The fraction of sp³-hybridized carbons (Fsp3) is 0.538. The number of rotatable bonds is 1. The molecule has 2 nitrogen and oxygen atoms in total. The molecule has 2 saturated heterocycles. The summed E-state index contributed by atoms with van der Waals surface area (Å²) >= 11 is 0. The third kappa shape index (κ3) is 1.57. The van der Waals surface area contributed by atoms with Crippen LogP contribution in [0.1, 0.15) is 18.4 Å². The minimum absolute atomic E-state index is 0.104. The molecule has 1 aromatic rings. The Labute approximate surface area is 103 Å². The van der Waals surface area contributed by atoms with E-state index in [0.29, 0.717) is 19.5 Å². The van der Waals surface area contributed by atoms with Crippen molar-refractivity contribution in [2.75, 3.05) is 19.6 Å². The van der Waals surface area contributed by atoms with Gasteiger partial charge >= 0.3 is 0 Å². The van der Waals surface area contributed by atoms with Crippen LogP contribution in [0.5, 0.6) is 0 Å². The topological polar surface area (TPSA) is 23.5 Å². The first-order valence-electron chi connectivity index (χ1n) is 6.11. The summed E-state index contributed by atoms with van der Waals surface area (Å²) in [6.07, 6.45) is 1.12. The van der Waals surface area contributed by atoms with Gasteiger partial charge < -0.3 is 10.0 Å². The number of fused-ring (bicyclic) bond motifs is 2. The average Bonchev–Trinajstić information content (AvgIpc) is 2.77. The lowest BCUT2D eigenvalue weighted by Gasteiger charge is -2.39. The maximum atomic E-state index is 13.8. The van der Waals surface area contributed by atoms with Gasteiger partial charge in [-0.05, 0) is 25.5 Å². The summed E-state index contributed by atoms with van der Waals surface area (Å²) in [6.45, 7) is 2.22. The number of halogens is 3.